The molecule has 5 N–H and O–H groups in total. The minimum Gasteiger partial charge on any atom is -0.370 e. The normalized spacial score (nSPS) is 8.76. The number of rotatable bonds is 2. The van der Waals surface area contributed by atoms with Crippen LogP contribution in [0.5, 0.6) is 5.75 Å². The van der Waals surface area contributed by atoms with Crippen molar-refractivity contribution in [2.24, 2.45) is 5.73 Å². The second-order valence-electron chi connectivity index (χ2n) is 3.89. The molecule has 0 aliphatic carbocycles. The highest BCUT2D eigenvalue weighted by Crippen LogP contribution is 2.15. The second kappa shape index (κ2) is 9.43. The summed E-state index contributed by atoms with van der Waals surface area (Å²) in [6.45, 7) is 1.26. The molecule has 0 spiro atoms. The second-order valence-corrected chi connectivity index (χ2v) is 4.33. The van der Waals surface area contributed by atoms with Gasteiger partial charge in [-0.3, -0.25) is 25.9 Å². The molecule has 8 nitrogen and oxygen atoms in total. The van der Waals surface area contributed by atoms with Crippen LogP contribution in [0, 0.1) is 10.8 Å². The van der Waals surface area contributed by atoms with Crippen LogP contribution in [0.25, 0.3) is 0 Å². The van der Waals surface area contributed by atoms with Crippen molar-refractivity contribution >= 4 is 29.5 Å². The molecule has 1 rings (SSSR count). The predicted molar refractivity (Wildman–Crippen MR) is 80.3 cm³/mol. The molecule has 0 heterocycles. The van der Waals surface area contributed by atoms with Crippen LogP contribution >= 0.6 is 11.6 Å². The lowest BCUT2D eigenvalue weighted by Crippen LogP contribution is -2.42. The zero-order valence-electron chi connectivity index (χ0n) is 11.9. The van der Waals surface area contributed by atoms with Gasteiger partial charge in [0.05, 0.1) is 0 Å². The molecule has 0 radical (unpaired) electrons. The van der Waals surface area contributed by atoms with Crippen molar-refractivity contribution in [2.45, 2.75) is 6.92 Å². The smallest absolute Gasteiger partial charge is 0.352 e. The molecular weight excluding hydrogens is 298 g/mol. The topological polar surface area (TPSA) is 125 Å². The third kappa shape index (κ3) is 10.0. The van der Waals surface area contributed by atoms with Gasteiger partial charge in [-0.15, -0.1) is 0 Å². The molecule has 0 aromatic heterocycles. The predicted octanol–water partition coefficient (Wildman–Crippen LogP) is 1.16. The van der Waals surface area contributed by atoms with Gasteiger partial charge in [0.2, 0.25) is 0 Å². The van der Waals surface area contributed by atoms with Crippen LogP contribution in [-0.2, 0) is 9.68 Å². The molecule has 0 saturated carbocycles. The first kappa shape index (κ1) is 18.5. The number of guanidine groups is 2. The Bertz CT molecular complexity index is 490. The van der Waals surface area contributed by atoms with Gasteiger partial charge in [-0.05, 0) is 24.3 Å². The first-order valence-electron chi connectivity index (χ1n) is 5.70. The molecule has 1 aromatic rings. The standard InChI is InChI=1S/C8H7ClO3.C4H11N5/c1-6(10)11-12-8-4-2-7(9)3-5-8;1-9(2)4(7)8-3(5)6/h2-5H,1H3;1-2H3,(H5,5,6,7,8). The van der Waals surface area contributed by atoms with Crippen LogP contribution < -0.4 is 15.9 Å². The van der Waals surface area contributed by atoms with Crippen molar-refractivity contribution in [1.29, 1.82) is 10.8 Å². The van der Waals surface area contributed by atoms with Crippen molar-refractivity contribution in [3.05, 3.63) is 29.3 Å². The van der Waals surface area contributed by atoms with E-state index in [1.54, 1.807) is 38.4 Å². The number of hydrogen-bond acceptors (Lipinski definition) is 5. The first-order valence-corrected chi connectivity index (χ1v) is 6.07. The summed E-state index contributed by atoms with van der Waals surface area (Å²) in [5.74, 6) is -0.157. The number of hydrogen-bond donors (Lipinski definition) is 4. The minimum absolute atomic E-state index is 0.113. The Morgan fingerprint density at radius 2 is 1.81 bits per heavy atom. The maximum Gasteiger partial charge on any atom is 0.352 e. The number of nitrogens with two attached hydrogens (primary N) is 1. The van der Waals surface area contributed by atoms with Crippen molar-refractivity contribution in [3.63, 3.8) is 0 Å². The minimum atomic E-state index is -0.495. The number of carbonyl (C=O) groups excluding carboxylic acids is 1. The zero-order chi connectivity index (χ0) is 16.4. The van der Waals surface area contributed by atoms with Crippen LogP contribution in [0.4, 0.5) is 0 Å². The summed E-state index contributed by atoms with van der Waals surface area (Å²) < 4.78 is 0. The van der Waals surface area contributed by atoms with Crippen molar-refractivity contribution in [3.8, 4) is 5.75 Å². The van der Waals surface area contributed by atoms with Crippen LogP contribution in [0.3, 0.4) is 0 Å². The number of benzene rings is 1. The third-order valence-corrected chi connectivity index (χ3v) is 2.02. The Morgan fingerprint density at radius 1 is 1.29 bits per heavy atom. The van der Waals surface area contributed by atoms with E-state index in [-0.39, 0.29) is 11.9 Å². The third-order valence-electron chi connectivity index (χ3n) is 1.77. The summed E-state index contributed by atoms with van der Waals surface area (Å²) in [6.07, 6.45) is 0. The fourth-order valence-corrected chi connectivity index (χ4v) is 0.962. The SMILES string of the molecule is CC(=O)OOc1ccc(Cl)cc1.CN(C)C(=N)NC(=N)N. The highest BCUT2D eigenvalue weighted by atomic mass is 35.5. The number of carbonyl (C=O) groups is 1. The van der Waals surface area contributed by atoms with Crippen molar-refractivity contribution < 1.29 is 14.6 Å². The van der Waals surface area contributed by atoms with E-state index < -0.39 is 5.97 Å². The van der Waals surface area contributed by atoms with Crippen LogP contribution in [0.2, 0.25) is 5.02 Å². The van der Waals surface area contributed by atoms with Crippen molar-refractivity contribution in [1.82, 2.24) is 10.2 Å². The summed E-state index contributed by atoms with van der Waals surface area (Å²) in [6, 6.07) is 6.48. The first-order chi connectivity index (χ1) is 9.72. The largest absolute Gasteiger partial charge is 0.370 e. The fraction of sp³-hybridized carbons (Fsp3) is 0.250. The van der Waals surface area contributed by atoms with E-state index >= 15 is 0 Å². The molecule has 0 aliphatic rings. The number of nitrogens with one attached hydrogen (secondary N) is 3. The number of halogens is 1. The Labute approximate surface area is 127 Å². The Kier molecular flexibility index (Phi) is 8.31. The van der Waals surface area contributed by atoms with Gasteiger partial charge in [-0.2, -0.15) is 0 Å². The summed E-state index contributed by atoms with van der Waals surface area (Å²) in [5.41, 5.74) is 4.94. The quantitative estimate of drug-likeness (QED) is 0.281. The Balaban J connectivity index is 0.000000400. The lowest BCUT2D eigenvalue weighted by molar-refractivity contribution is -0.210. The molecule has 0 saturated heterocycles. The van der Waals surface area contributed by atoms with Gasteiger partial charge >= 0.3 is 5.97 Å². The van der Waals surface area contributed by atoms with E-state index in [4.69, 9.17) is 28.2 Å². The molecule has 21 heavy (non-hydrogen) atoms. The average molecular weight is 316 g/mol. The van der Waals surface area contributed by atoms with Crippen LogP contribution in [0.15, 0.2) is 24.3 Å². The summed E-state index contributed by atoms with van der Waals surface area (Å²) >= 11 is 5.61. The Hall–Kier alpha value is -2.48. The van der Waals surface area contributed by atoms with Gasteiger partial charge in [0.25, 0.3) is 0 Å². The molecular formula is C12H18ClN5O3. The van der Waals surface area contributed by atoms with E-state index in [0.29, 0.717) is 10.8 Å². The maximum absolute atomic E-state index is 10.3. The molecule has 9 heteroatoms. The zero-order valence-corrected chi connectivity index (χ0v) is 12.7. The molecule has 0 amide bonds. The van der Waals surface area contributed by atoms with Gasteiger partial charge in [-0.1, -0.05) is 11.6 Å². The Morgan fingerprint density at radius 3 is 2.14 bits per heavy atom. The molecule has 116 valence electrons. The number of nitrogens with zero attached hydrogens (tertiary/aromatic N) is 1. The molecule has 0 atom stereocenters. The van der Waals surface area contributed by atoms with Gasteiger partial charge in [0.1, 0.15) is 0 Å². The van der Waals surface area contributed by atoms with E-state index in [2.05, 4.69) is 15.1 Å². The highest BCUT2D eigenvalue weighted by molar-refractivity contribution is 6.30. The van der Waals surface area contributed by atoms with Gasteiger partial charge in [0, 0.05) is 26.0 Å². The molecule has 0 bridgehead atoms. The molecule has 1 aromatic carbocycles. The van der Waals surface area contributed by atoms with Crippen LogP contribution in [-0.4, -0.2) is 36.9 Å². The van der Waals surface area contributed by atoms with E-state index in [1.165, 1.54) is 11.8 Å². The monoisotopic (exact) mass is 315 g/mol. The lowest BCUT2D eigenvalue weighted by atomic mass is 10.3. The highest BCUT2D eigenvalue weighted by Gasteiger charge is 1.97. The molecule has 0 fully saturated rings. The van der Waals surface area contributed by atoms with Gasteiger partial charge in [0.15, 0.2) is 17.7 Å². The van der Waals surface area contributed by atoms with E-state index in [1.807, 2.05) is 0 Å². The fourth-order valence-electron chi connectivity index (χ4n) is 0.836. The van der Waals surface area contributed by atoms with Crippen molar-refractivity contribution in [2.75, 3.05) is 14.1 Å². The maximum atomic E-state index is 10.3. The summed E-state index contributed by atoms with van der Waals surface area (Å²) in [7, 11) is 3.39. The molecule has 0 aliphatic heterocycles. The summed E-state index contributed by atoms with van der Waals surface area (Å²) in [5, 5.41) is 16.7. The lowest BCUT2D eigenvalue weighted by Gasteiger charge is -2.13. The van der Waals surface area contributed by atoms with Gasteiger partial charge < -0.3 is 10.6 Å². The van der Waals surface area contributed by atoms with Crippen LogP contribution in [0.1, 0.15) is 6.92 Å². The van der Waals surface area contributed by atoms with E-state index in [0.717, 1.165) is 0 Å². The molecule has 0 unspecified atom stereocenters. The average Bonchev–Trinajstić information content (AvgIpc) is 2.38. The summed E-state index contributed by atoms with van der Waals surface area (Å²) in [4.78, 5) is 20.7. The van der Waals surface area contributed by atoms with E-state index in [9.17, 15) is 4.79 Å². The van der Waals surface area contributed by atoms with Gasteiger partial charge in [-0.25, -0.2) is 4.79 Å².